The van der Waals surface area contributed by atoms with Crippen molar-refractivity contribution in [3.05, 3.63) is 120 Å². The van der Waals surface area contributed by atoms with E-state index in [0.29, 0.717) is 5.92 Å². The Labute approximate surface area is 192 Å². The monoisotopic (exact) mass is 428 g/mol. The number of fused-ring (bicyclic) bond motifs is 2. The molecule has 0 radical (unpaired) electrons. The number of rotatable bonds is 6. The fraction of sp³-hybridized carbons (Fsp3) is 0.103. The number of benzene rings is 4. The van der Waals surface area contributed by atoms with Gasteiger partial charge in [-0.25, -0.2) is 4.98 Å². The maximum atomic E-state index is 4.89. The zero-order valence-corrected chi connectivity index (χ0v) is 18.2. The average molecular weight is 429 g/mol. The second-order valence-corrected chi connectivity index (χ2v) is 8.43. The normalized spacial score (nSPS) is 11.5. The van der Waals surface area contributed by atoms with Crippen LogP contribution >= 0.6 is 0 Å². The summed E-state index contributed by atoms with van der Waals surface area (Å²) in [5.41, 5.74) is 6.75. The number of aromatic nitrogens is 4. The third-order valence-electron chi connectivity index (χ3n) is 6.27. The third kappa shape index (κ3) is 3.92. The van der Waals surface area contributed by atoms with Crippen molar-refractivity contribution in [3.8, 4) is 11.4 Å². The van der Waals surface area contributed by atoms with Crippen LogP contribution < -0.4 is 0 Å². The van der Waals surface area contributed by atoms with E-state index in [2.05, 4.69) is 101 Å². The topological polar surface area (TPSA) is 46.5 Å². The molecule has 0 saturated heterocycles. The van der Waals surface area contributed by atoms with Crippen molar-refractivity contribution < 1.29 is 0 Å². The molecule has 0 atom stereocenters. The molecule has 0 saturated carbocycles. The van der Waals surface area contributed by atoms with Crippen molar-refractivity contribution >= 4 is 21.9 Å². The third-order valence-corrected chi connectivity index (χ3v) is 6.27. The highest BCUT2D eigenvalue weighted by molar-refractivity contribution is 5.85. The molecule has 4 heteroatoms. The molecule has 0 aliphatic heterocycles. The lowest BCUT2D eigenvalue weighted by molar-refractivity contribution is 0.551. The van der Waals surface area contributed by atoms with Crippen LogP contribution in [-0.4, -0.2) is 19.7 Å². The standard InChI is InChI=1S/C29H24N4/c1-3-9-21(10-4-1)25(22-11-5-2-6-12-22)17-18-33-20-24-16-15-23(19-28(24)32-33)29-30-26-13-7-8-14-27(26)31-29/h1-16,19-20,25H,17-18H2,(H,30,31). The lowest BCUT2D eigenvalue weighted by Gasteiger charge is -2.18. The number of hydrogen-bond acceptors (Lipinski definition) is 2. The van der Waals surface area contributed by atoms with Crippen molar-refractivity contribution in [2.45, 2.75) is 18.9 Å². The van der Waals surface area contributed by atoms with Gasteiger partial charge in [0.15, 0.2) is 0 Å². The van der Waals surface area contributed by atoms with E-state index in [-0.39, 0.29) is 0 Å². The molecular weight excluding hydrogens is 404 g/mol. The van der Waals surface area contributed by atoms with E-state index in [1.54, 1.807) is 0 Å². The van der Waals surface area contributed by atoms with Crippen LogP contribution in [0.4, 0.5) is 0 Å². The first-order valence-electron chi connectivity index (χ1n) is 11.4. The number of H-pyrrole nitrogens is 1. The summed E-state index contributed by atoms with van der Waals surface area (Å²) in [6.07, 6.45) is 3.13. The first-order valence-corrected chi connectivity index (χ1v) is 11.4. The van der Waals surface area contributed by atoms with Gasteiger partial charge in [-0.05, 0) is 35.7 Å². The largest absolute Gasteiger partial charge is 0.338 e. The van der Waals surface area contributed by atoms with Crippen molar-refractivity contribution in [1.29, 1.82) is 0 Å². The van der Waals surface area contributed by atoms with Crippen LogP contribution in [0.1, 0.15) is 23.5 Å². The zero-order chi connectivity index (χ0) is 22.0. The van der Waals surface area contributed by atoms with Crippen LogP contribution in [0.3, 0.4) is 0 Å². The lowest BCUT2D eigenvalue weighted by Crippen LogP contribution is -2.07. The van der Waals surface area contributed by atoms with Crippen molar-refractivity contribution in [2.24, 2.45) is 0 Å². The van der Waals surface area contributed by atoms with Gasteiger partial charge in [-0.15, -0.1) is 0 Å². The van der Waals surface area contributed by atoms with E-state index in [0.717, 1.165) is 46.3 Å². The van der Waals surface area contributed by atoms with Crippen molar-refractivity contribution in [3.63, 3.8) is 0 Å². The lowest BCUT2D eigenvalue weighted by atomic mass is 9.88. The molecule has 33 heavy (non-hydrogen) atoms. The summed E-state index contributed by atoms with van der Waals surface area (Å²) in [7, 11) is 0. The van der Waals surface area contributed by atoms with Crippen molar-refractivity contribution in [1.82, 2.24) is 19.7 Å². The fourth-order valence-electron chi connectivity index (χ4n) is 4.58. The Morgan fingerprint density at radius 3 is 2.15 bits per heavy atom. The summed E-state index contributed by atoms with van der Waals surface area (Å²) in [6.45, 7) is 0.850. The summed E-state index contributed by atoms with van der Waals surface area (Å²) < 4.78 is 2.08. The van der Waals surface area contributed by atoms with E-state index < -0.39 is 0 Å². The molecule has 160 valence electrons. The Kier molecular flexibility index (Phi) is 4.96. The van der Waals surface area contributed by atoms with Gasteiger partial charge >= 0.3 is 0 Å². The van der Waals surface area contributed by atoms with Crippen LogP contribution in [0.2, 0.25) is 0 Å². The maximum absolute atomic E-state index is 4.89. The molecule has 0 spiro atoms. The molecule has 2 aromatic heterocycles. The van der Waals surface area contributed by atoms with Crippen LogP contribution in [-0.2, 0) is 6.54 Å². The first-order chi connectivity index (χ1) is 16.3. The molecule has 0 aliphatic carbocycles. The number of aromatic amines is 1. The molecule has 6 rings (SSSR count). The van der Waals surface area contributed by atoms with Crippen LogP contribution in [0, 0.1) is 0 Å². The van der Waals surface area contributed by atoms with Gasteiger partial charge in [0.25, 0.3) is 0 Å². The molecule has 4 aromatic carbocycles. The molecule has 1 N–H and O–H groups in total. The van der Waals surface area contributed by atoms with Crippen LogP contribution in [0.15, 0.2) is 109 Å². The molecule has 0 aliphatic rings. The summed E-state index contributed by atoms with van der Waals surface area (Å²) in [5, 5.41) is 6.03. The molecule has 0 unspecified atom stereocenters. The van der Waals surface area contributed by atoms with E-state index in [4.69, 9.17) is 10.1 Å². The van der Waals surface area contributed by atoms with Gasteiger partial charge < -0.3 is 4.98 Å². The zero-order valence-electron chi connectivity index (χ0n) is 18.2. The number of nitrogens with zero attached hydrogens (tertiary/aromatic N) is 3. The molecule has 4 nitrogen and oxygen atoms in total. The Balaban J connectivity index is 1.27. The number of para-hydroxylation sites is 2. The molecule has 2 heterocycles. The number of hydrogen-bond donors (Lipinski definition) is 1. The van der Waals surface area contributed by atoms with Gasteiger partial charge in [0.2, 0.25) is 0 Å². The van der Waals surface area contributed by atoms with E-state index in [1.165, 1.54) is 11.1 Å². The smallest absolute Gasteiger partial charge is 0.138 e. The molecule has 6 aromatic rings. The van der Waals surface area contributed by atoms with Crippen molar-refractivity contribution in [2.75, 3.05) is 0 Å². The van der Waals surface area contributed by atoms with E-state index >= 15 is 0 Å². The number of nitrogens with one attached hydrogen (secondary N) is 1. The van der Waals surface area contributed by atoms with Gasteiger partial charge in [0.1, 0.15) is 5.82 Å². The Morgan fingerprint density at radius 1 is 0.727 bits per heavy atom. The summed E-state index contributed by atoms with van der Waals surface area (Å²) in [4.78, 5) is 8.15. The summed E-state index contributed by atoms with van der Waals surface area (Å²) in [6, 6.07) is 36.0. The highest BCUT2D eigenvalue weighted by Gasteiger charge is 2.15. The minimum Gasteiger partial charge on any atom is -0.338 e. The highest BCUT2D eigenvalue weighted by atomic mass is 15.3. The van der Waals surface area contributed by atoms with Crippen LogP contribution in [0.25, 0.3) is 33.3 Å². The second kappa shape index (κ2) is 8.40. The minimum atomic E-state index is 0.339. The predicted molar refractivity (Wildman–Crippen MR) is 134 cm³/mol. The fourth-order valence-corrected chi connectivity index (χ4v) is 4.58. The Hall–Kier alpha value is -4.18. The minimum absolute atomic E-state index is 0.339. The van der Waals surface area contributed by atoms with Crippen LogP contribution in [0.5, 0.6) is 0 Å². The van der Waals surface area contributed by atoms with E-state index in [9.17, 15) is 0 Å². The van der Waals surface area contributed by atoms with Gasteiger partial charge in [-0.1, -0.05) is 84.9 Å². The number of imidazole rings is 1. The Morgan fingerprint density at radius 2 is 1.42 bits per heavy atom. The molecule has 0 amide bonds. The second-order valence-electron chi connectivity index (χ2n) is 8.43. The molecule has 0 bridgehead atoms. The first kappa shape index (κ1) is 19.5. The summed E-state index contributed by atoms with van der Waals surface area (Å²) in [5.74, 6) is 1.21. The molecular formula is C29H24N4. The van der Waals surface area contributed by atoms with Gasteiger partial charge in [-0.2, -0.15) is 5.10 Å². The maximum Gasteiger partial charge on any atom is 0.138 e. The van der Waals surface area contributed by atoms with E-state index in [1.807, 2.05) is 18.2 Å². The van der Waals surface area contributed by atoms with Gasteiger partial charge in [0, 0.05) is 29.6 Å². The van der Waals surface area contributed by atoms with Gasteiger partial charge in [-0.3, -0.25) is 4.68 Å². The molecule has 0 fully saturated rings. The SMILES string of the molecule is c1ccc(C(CCn2cc3ccc(-c4nc5ccccc5[nH]4)cc3n2)c2ccccc2)cc1. The average Bonchev–Trinajstić information content (AvgIpc) is 3.49. The predicted octanol–water partition coefficient (Wildman–Crippen LogP) is 6.80. The Bertz CT molecular complexity index is 1440. The highest BCUT2D eigenvalue weighted by Crippen LogP contribution is 2.29. The summed E-state index contributed by atoms with van der Waals surface area (Å²) >= 11 is 0. The van der Waals surface area contributed by atoms with Gasteiger partial charge in [0.05, 0.1) is 16.6 Å². The number of aryl methyl sites for hydroxylation is 1. The quantitative estimate of drug-likeness (QED) is 0.317.